The molecule has 1 unspecified atom stereocenters. The average molecular weight is 244 g/mol. The molecule has 1 aliphatic rings. The third-order valence-electron chi connectivity index (χ3n) is 3.82. The minimum atomic E-state index is 0.735. The molecule has 0 radical (unpaired) electrons. The van der Waals surface area contributed by atoms with E-state index in [1.807, 2.05) is 18.5 Å². The van der Waals surface area contributed by atoms with Gasteiger partial charge >= 0.3 is 0 Å². The molecule has 4 heteroatoms. The topological polar surface area (TPSA) is 47.1 Å². The summed E-state index contributed by atoms with van der Waals surface area (Å²) in [5.41, 5.74) is 8.75. The van der Waals surface area contributed by atoms with Crippen molar-refractivity contribution in [2.75, 3.05) is 25.9 Å². The number of likely N-dealkylation sites (tertiary alicyclic amines) is 1. The van der Waals surface area contributed by atoms with E-state index in [-0.39, 0.29) is 0 Å². The number of aromatic nitrogens is 2. The molecule has 0 bridgehead atoms. The van der Waals surface area contributed by atoms with E-state index < -0.39 is 0 Å². The lowest BCUT2D eigenvalue weighted by Gasteiger charge is -2.29. The first kappa shape index (κ1) is 11.5. The van der Waals surface area contributed by atoms with Crippen LogP contribution in [0.1, 0.15) is 12.8 Å². The predicted molar refractivity (Wildman–Crippen MR) is 74.4 cm³/mol. The van der Waals surface area contributed by atoms with Gasteiger partial charge in [-0.05, 0) is 50.6 Å². The second-order valence-electron chi connectivity index (χ2n) is 5.42. The van der Waals surface area contributed by atoms with Crippen molar-refractivity contribution in [3.05, 3.63) is 24.5 Å². The van der Waals surface area contributed by atoms with Crippen molar-refractivity contribution >= 4 is 16.7 Å². The maximum Gasteiger partial charge on any atom is 0.0958 e. The van der Waals surface area contributed by atoms with E-state index in [1.54, 1.807) is 0 Å². The van der Waals surface area contributed by atoms with Crippen LogP contribution < -0.4 is 5.73 Å². The van der Waals surface area contributed by atoms with Crippen molar-refractivity contribution in [2.24, 2.45) is 5.92 Å². The first-order valence-corrected chi connectivity index (χ1v) is 6.61. The average Bonchev–Trinajstić information content (AvgIpc) is 2.72. The number of nitrogens with zero attached hydrogens (tertiary/aromatic N) is 3. The second-order valence-corrected chi connectivity index (χ2v) is 5.42. The van der Waals surface area contributed by atoms with Crippen LogP contribution in [0.3, 0.4) is 0 Å². The van der Waals surface area contributed by atoms with Crippen LogP contribution in [0.25, 0.3) is 11.0 Å². The van der Waals surface area contributed by atoms with Gasteiger partial charge in [-0.15, -0.1) is 0 Å². The molecular formula is C14H20N4. The standard InChI is InChI=1S/C14H20N4/c1-17-6-2-3-11(8-17)9-18-10-16-13-7-12(15)4-5-14(13)18/h4-5,7,10-11H,2-3,6,8-9,15H2,1H3. The summed E-state index contributed by atoms with van der Waals surface area (Å²) in [5, 5.41) is 0. The number of benzene rings is 1. The summed E-state index contributed by atoms with van der Waals surface area (Å²) in [4.78, 5) is 6.86. The van der Waals surface area contributed by atoms with Crippen molar-refractivity contribution < 1.29 is 0 Å². The molecule has 1 saturated heterocycles. The molecule has 0 saturated carbocycles. The summed E-state index contributed by atoms with van der Waals surface area (Å²) >= 11 is 0. The molecule has 0 amide bonds. The molecular weight excluding hydrogens is 224 g/mol. The molecule has 1 aromatic carbocycles. The number of anilines is 1. The summed E-state index contributed by atoms with van der Waals surface area (Å²) in [7, 11) is 2.21. The van der Waals surface area contributed by atoms with Gasteiger partial charge < -0.3 is 15.2 Å². The van der Waals surface area contributed by atoms with Gasteiger partial charge in [-0.1, -0.05) is 0 Å². The molecule has 1 aliphatic heterocycles. The van der Waals surface area contributed by atoms with Crippen LogP contribution in [-0.4, -0.2) is 34.6 Å². The van der Waals surface area contributed by atoms with Gasteiger partial charge in [0.15, 0.2) is 0 Å². The Morgan fingerprint density at radius 1 is 1.44 bits per heavy atom. The molecule has 3 rings (SSSR count). The number of rotatable bonds is 2. The van der Waals surface area contributed by atoms with Gasteiger partial charge in [0.05, 0.1) is 17.4 Å². The fourth-order valence-electron chi connectivity index (χ4n) is 2.93. The van der Waals surface area contributed by atoms with Crippen LogP contribution in [-0.2, 0) is 6.54 Å². The van der Waals surface area contributed by atoms with Gasteiger partial charge in [0.2, 0.25) is 0 Å². The van der Waals surface area contributed by atoms with E-state index in [0.717, 1.165) is 23.7 Å². The Hall–Kier alpha value is -1.55. The van der Waals surface area contributed by atoms with Crippen molar-refractivity contribution in [3.63, 3.8) is 0 Å². The number of piperidine rings is 1. The highest BCUT2D eigenvalue weighted by Gasteiger charge is 2.18. The van der Waals surface area contributed by atoms with Crippen molar-refractivity contribution in [3.8, 4) is 0 Å². The van der Waals surface area contributed by atoms with Crippen LogP contribution in [0, 0.1) is 5.92 Å². The summed E-state index contributed by atoms with van der Waals surface area (Å²) in [6, 6.07) is 5.97. The molecule has 0 spiro atoms. The number of hydrogen-bond acceptors (Lipinski definition) is 3. The second kappa shape index (κ2) is 4.61. The van der Waals surface area contributed by atoms with E-state index in [0.29, 0.717) is 0 Å². The number of fused-ring (bicyclic) bond motifs is 1. The highest BCUT2D eigenvalue weighted by atomic mass is 15.1. The van der Waals surface area contributed by atoms with Crippen LogP contribution >= 0.6 is 0 Å². The normalized spacial score (nSPS) is 21.5. The van der Waals surface area contributed by atoms with Gasteiger partial charge in [0.25, 0.3) is 0 Å². The summed E-state index contributed by atoms with van der Waals surface area (Å²) in [5.74, 6) is 0.735. The fourth-order valence-corrected chi connectivity index (χ4v) is 2.93. The van der Waals surface area contributed by atoms with Gasteiger partial charge in [-0.2, -0.15) is 0 Å². The summed E-state index contributed by atoms with van der Waals surface area (Å²) in [6.45, 7) is 3.48. The van der Waals surface area contributed by atoms with Gasteiger partial charge in [-0.3, -0.25) is 0 Å². The maximum atomic E-state index is 5.78. The first-order chi connectivity index (χ1) is 8.72. The number of hydrogen-bond donors (Lipinski definition) is 1. The van der Waals surface area contributed by atoms with Crippen molar-refractivity contribution in [1.29, 1.82) is 0 Å². The number of nitrogens with two attached hydrogens (primary N) is 1. The number of imidazole rings is 1. The molecule has 0 aliphatic carbocycles. The molecule has 1 aromatic heterocycles. The summed E-state index contributed by atoms with van der Waals surface area (Å²) < 4.78 is 2.26. The SMILES string of the molecule is CN1CCCC(Cn2cnc3cc(N)ccc32)C1. The highest BCUT2D eigenvalue weighted by Crippen LogP contribution is 2.21. The van der Waals surface area contributed by atoms with Crippen LogP contribution in [0.15, 0.2) is 24.5 Å². The smallest absolute Gasteiger partial charge is 0.0958 e. The van der Waals surface area contributed by atoms with E-state index in [4.69, 9.17) is 5.73 Å². The minimum Gasteiger partial charge on any atom is -0.399 e. The Bertz CT molecular complexity index is 546. The maximum absolute atomic E-state index is 5.78. The lowest BCUT2D eigenvalue weighted by molar-refractivity contribution is 0.195. The molecule has 2 heterocycles. The Kier molecular flexibility index (Phi) is 2.96. The van der Waals surface area contributed by atoms with E-state index in [9.17, 15) is 0 Å². The largest absolute Gasteiger partial charge is 0.399 e. The third-order valence-corrected chi connectivity index (χ3v) is 3.82. The van der Waals surface area contributed by atoms with Crippen LogP contribution in [0.4, 0.5) is 5.69 Å². The zero-order chi connectivity index (χ0) is 12.5. The predicted octanol–water partition coefficient (Wildman–Crippen LogP) is 1.96. The van der Waals surface area contributed by atoms with Gasteiger partial charge in [-0.25, -0.2) is 4.98 Å². The molecule has 4 nitrogen and oxygen atoms in total. The highest BCUT2D eigenvalue weighted by molar-refractivity contribution is 5.78. The molecule has 96 valence electrons. The zero-order valence-corrected chi connectivity index (χ0v) is 10.8. The Morgan fingerprint density at radius 3 is 3.17 bits per heavy atom. The quantitative estimate of drug-likeness (QED) is 0.821. The van der Waals surface area contributed by atoms with Crippen molar-refractivity contribution in [2.45, 2.75) is 19.4 Å². The molecule has 1 atom stereocenters. The molecule has 2 N–H and O–H groups in total. The van der Waals surface area contributed by atoms with Crippen LogP contribution in [0.5, 0.6) is 0 Å². The Labute approximate surface area is 107 Å². The Balaban J connectivity index is 1.82. The molecule has 1 fully saturated rings. The Morgan fingerprint density at radius 2 is 2.33 bits per heavy atom. The monoisotopic (exact) mass is 244 g/mol. The van der Waals surface area contributed by atoms with Gasteiger partial charge in [0, 0.05) is 18.8 Å². The lowest BCUT2D eigenvalue weighted by Crippen LogP contribution is -2.33. The lowest BCUT2D eigenvalue weighted by atomic mass is 9.98. The van der Waals surface area contributed by atoms with E-state index in [2.05, 4.69) is 27.6 Å². The minimum absolute atomic E-state index is 0.735. The summed E-state index contributed by atoms with van der Waals surface area (Å²) in [6.07, 6.45) is 4.57. The fraction of sp³-hybridized carbons (Fsp3) is 0.500. The zero-order valence-electron chi connectivity index (χ0n) is 10.8. The van der Waals surface area contributed by atoms with E-state index in [1.165, 1.54) is 31.4 Å². The van der Waals surface area contributed by atoms with Crippen molar-refractivity contribution in [1.82, 2.24) is 14.5 Å². The van der Waals surface area contributed by atoms with E-state index >= 15 is 0 Å². The first-order valence-electron chi connectivity index (χ1n) is 6.61. The van der Waals surface area contributed by atoms with Gasteiger partial charge in [0.1, 0.15) is 0 Å². The third kappa shape index (κ3) is 2.20. The molecule has 18 heavy (non-hydrogen) atoms. The number of nitrogen functional groups attached to an aromatic ring is 1. The van der Waals surface area contributed by atoms with Crippen LogP contribution in [0.2, 0.25) is 0 Å². The molecule has 2 aromatic rings.